The summed E-state index contributed by atoms with van der Waals surface area (Å²) in [7, 11) is 1.97. The van der Waals surface area contributed by atoms with E-state index in [-0.39, 0.29) is 0 Å². The normalized spacial score (nSPS) is 23.7. The standard InChI is InChI=1S/C16H29N5/c1-19-13-15(11-18-19)16(10-17)21-8-4-14(5-9-21)12-20-6-2-3-7-20/h11,13-14,16H,2-10,12,17H2,1H3. The van der Waals surface area contributed by atoms with Crippen molar-refractivity contribution < 1.29 is 0 Å². The molecule has 118 valence electrons. The number of likely N-dealkylation sites (tertiary alicyclic amines) is 2. The summed E-state index contributed by atoms with van der Waals surface area (Å²) in [6.45, 7) is 6.99. The zero-order valence-corrected chi connectivity index (χ0v) is 13.2. The second-order valence-corrected chi connectivity index (χ2v) is 6.69. The lowest BCUT2D eigenvalue weighted by Crippen LogP contribution is -2.42. The van der Waals surface area contributed by atoms with Gasteiger partial charge in [0.25, 0.3) is 0 Å². The van der Waals surface area contributed by atoms with E-state index in [2.05, 4.69) is 21.1 Å². The van der Waals surface area contributed by atoms with Crippen LogP contribution in [-0.4, -0.2) is 58.8 Å². The lowest BCUT2D eigenvalue weighted by atomic mass is 9.94. The van der Waals surface area contributed by atoms with Crippen LogP contribution in [0.25, 0.3) is 0 Å². The average molecular weight is 291 g/mol. The molecule has 0 spiro atoms. The Labute approximate surface area is 128 Å². The fourth-order valence-electron chi connectivity index (χ4n) is 3.89. The van der Waals surface area contributed by atoms with Crippen molar-refractivity contribution in [2.75, 3.05) is 39.3 Å². The van der Waals surface area contributed by atoms with Gasteiger partial charge < -0.3 is 10.6 Å². The molecule has 1 aromatic heterocycles. The zero-order chi connectivity index (χ0) is 14.7. The predicted molar refractivity (Wildman–Crippen MR) is 85.0 cm³/mol. The number of hydrogen-bond acceptors (Lipinski definition) is 4. The zero-order valence-electron chi connectivity index (χ0n) is 13.2. The van der Waals surface area contributed by atoms with E-state index >= 15 is 0 Å². The second kappa shape index (κ2) is 6.90. The van der Waals surface area contributed by atoms with Crippen molar-refractivity contribution >= 4 is 0 Å². The van der Waals surface area contributed by atoms with Gasteiger partial charge in [-0.1, -0.05) is 0 Å². The molecule has 0 saturated carbocycles. The summed E-state index contributed by atoms with van der Waals surface area (Å²) >= 11 is 0. The first kappa shape index (κ1) is 15.0. The third-order valence-electron chi connectivity index (χ3n) is 5.14. The summed E-state index contributed by atoms with van der Waals surface area (Å²) in [5, 5.41) is 4.29. The van der Waals surface area contributed by atoms with Crippen molar-refractivity contribution in [3.05, 3.63) is 18.0 Å². The topological polar surface area (TPSA) is 50.3 Å². The molecule has 2 aliphatic heterocycles. The van der Waals surface area contributed by atoms with Crippen molar-refractivity contribution in [1.29, 1.82) is 0 Å². The number of piperidine rings is 1. The molecule has 0 aliphatic carbocycles. The van der Waals surface area contributed by atoms with Gasteiger partial charge in [-0.25, -0.2) is 0 Å². The van der Waals surface area contributed by atoms with Gasteiger partial charge in [-0.15, -0.1) is 0 Å². The maximum absolute atomic E-state index is 6.02. The van der Waals surface area contributed by atoms with Crippen molar-refractivity contribution in [2.45, 2.75) is 31.7 Å². The lowest BCUT2D eigenvalue weighted by Gasteiger charge is -2.37. The van der Waals surface area contributed by atoms with Crippen LogP contribution in [0.5, 0.6) is 0 Å². The molecule has 0 bridgehead atoms. The fraction of sp³-hybridized carbons (Fsp3) is 0.812. The molecule has 0 amide bonds. The van der Waals surface area contributed by atoms with Gasteiger partial charge in [-0.3, -0.25) is 9.58 Å². The van der Waals surface area contributed by atoms with Crippen LogP contribution in [0.2, 0.25) is 0 Å². The Hall–Kier alpha value is -0.910. The molecule has 2 fully saturated rings. The maximum Gasteiger partial charge on any atom is 0.0538 e. The van der Waals surface area contributed by atoms with Crippen LogP contribution in [0.3, 0.4) is 0 Å². The van der Waals surface area contributed by atoms with Crippen molar-refractivity contribution in [2.24, 2.45) is 18.7 Å². The summed E-state index contributed by atoms with van der Waals surface area (Å²) in [6.07, 6.45) is 9.49. The average Bonchev–Trinajstić information content (AvgIpc) is 3.14. The number of aryl methyl sites for hydroxylation is 1. The molecule has 2 saturated heterocycles. The minimum absolute atomic E-state index is 0.339. The molecule has 0 aromatic carbocycles. The highest BCUT2D eigenvalue weighted by atomic mass is 15.3. The van der Waals surface area contributed by atoms with Crippen LogP contribution in [0.4, 0.5) is 0 Å². The quantitative estimate of drug-likeness (QED) is 0.886. The van der Waals surface area contributed by atoms with E-state index in [4.69, 9.17) is 5.73 Å². The SMILES string of the molecule is Cn1cc(C(CN)N2CCC(CN3CCCC3)CC2)cn1. The highest BCUT2D eigenvalue weighted by molar-refractivity contribution is 5.11. The van der Waals surface area contributed by atoms with Crippen LogP contribution >= 0.6 is 0 Å². The second-order valence-electron chi connectivity index (χ2n) is 6.69. The van der Waals surface area contributed by atoms with Gasteiger partial charge >= 0.3 is 0 Å². The Balaban J connectivity index is 1.51. The molecule has 21 heavy (non-hydrogen) atoms. The third-order valence-corrected chi connectivity index (χ3v) is 5.14. The van der Waals surface area contributed by atoms with E-state index in [9.17, 15) is 0 Å². The van der Waals surface area contributed by atoms with E-state index in [1.165, 1.54) is 64.0 Å². The highest BCUT2D eigenvalue weighted by Gasteiger charge is 2.27. The molecule has 0 radical (unpaired) electrons. The molecule has 2 aliphatic rings. The lowest BCUT2D eigenvalue weighted by molar-refractivity contribution is 0.117. The van der Waals surface area contributed by atoms with Gasteiger partial charge in [-0.05, 0) is 57.8 Å². The van der Waals surface area contributed by atoms with E-state index in [0.29, 0.717) is 12.6 Å². The van der Waals surface area contributed by atoms with E-state index < -0.39 is 0 Å². The Morgan fingerprint density at radius 2 is 1.95 bits per heavy atom. The summed E-state index contributed by atoms with van der Waals surface area (Å²) < 4.78 is 1.87. The molecule has 1 aromatic rings. The molecule has 1 atom stereocenters. The van der Waals surface area contributed by atoms with Crippen LogP contribution in [0, 0.1) is 5.92 Å². The minimum atomic E-state index is 0.339. The Bertz CT molecular complexity index is 430. The van der Waals surface area contributed by atoms with Gasteiger partial charge in [0.1, 0.15) is 0 Å². The summed E-state index contributed by atoms with van der Waals surface area (Å²) in [4.78, 5) is 5.21. The molecule has 5 nitrogen and oxygen atoms in total. The van der Waals surface area contributed by atoms with Gasteiger partial charge in [0, 0.05) is 31.9 Å². The first-order chi connectivity index (χ1) is 10.3. The molecular weight excluding hydrogens is 262 g/mol. The summed E-state index contributed by atoms with van der Waals surface area (Å²) in [5.41, 5.74) is 7.29. The van der Waals surface area contributed by atoms with Crippen LogP contribution in [-0.2, 0) is 7.05 Å². The van der Waals surface area contributed by atoms with E-state index in [1.54, 1.807) is 0 Å². The van der Waals surface area contributed by atoms with Gasteiger partial charge in [0.05, 0.1) is 12.2 Å². The van der Waals surface area contributed by atoms with Gasteiger partial charge in [0.2, 0.25) is 0 Å². The Morgan fingerprint density at radius 3 is 2.52 bits per heavy atom. The number of hydrogen-bond donors (Lipinski definition) is 1. The van der Waals surface area contributed by atoms with Crippen LogP contribution in [0.15, 0.2) is 12.4 Å². The predicted octanol–water partition coefficient (Wildman–Crippen LogP) is 1.23. The fourth-order valence-corrected chi connectivity index (χ4v) is 3.89. The van der Waals surface area contributed by atoms with E-state index in [0.717, 1.165) is 5.92 Å². The van der Waals surface area contributed by atoms with Crippen molar-refractivity contribution in [3.8, 4) is 0 Å². The monoisotopic (exact) mass is 291 g/mol. The maximum atomic E-state index is 6.02. The Kier molecular flexibility index (Phi) is 4.93. The highest BCUT2D eigenvalue weighted by Crippen LogP contribution is 2.27. The molecule has 1 unspecified atom stereocenters. The Morgan fingerprint density at radius 1 is 1.24 bits per heavy atom. The molecule has 3 rings (SSSR count). The molecule has 3 heterocycles. The molecule has 5 heteroatoms. The number of aromatic nitrogens is 2. The first-order valence-electron chi connectivity index (χ1n) is 8.41. The summed E-state index contributed by atoms with van der Waals surface area (Å²) in [6, 6.07) is 0.339. The third kappa shape index (κ3) is 3.65. The van der Waals surface area contributed by atoms with Crippen LogP contribution < -0.4 is 5.73 Å². The molecular formula is C16H29N5. The van der Waals surface area contributed by atoms with Gasteiger partial charge in [0.15, 0.2) is 0 Å². The largest absolute Gasteiger partial charge is 0.329 e. The van der Waals surface area contributed by atoms with E-state index in [1.807, 2.05) is 17.9 Å². The van der Waals surface area contributed by atoms with Gasteiger partial charge in [-0.2, -0.15) is 5.10 Å². The minimum Gasteiger partial charge on any atom is -0.329 e. The van der Waals surface area contributed by atoms with Crippen molar-refractivity contribution in [3.63, 3.8) is 0 Å². The number of nitrogens with two attached hydrogens (primary N) is 1. The van der Waals surface area contributed by atoms with Crippen LogP contribution in [0.1, 0.15) is 37.3 Å². The number of nitrogens with zero attached hydrogens (tertiary/aromatic N) is 4. The first-order valence-corrected chi connectivity index (χ1v) is 8.41. The smallest absolute Gasteiger partial charge is 0.0538 e. The molecule has 2 N–H and O–H groups in total. The summed E-state index contributed by atoms with van der Waals surface area (Å²) in [5.74, 6) is 0.881. The number of rotatable bonds is 5. The van der Waals surface area contributed by atoms with Crippen molar-refractivity contribution in [1.82, 2.24) is 19.6 Å².